The Labute approximate surface area is 133 Å². The minimum Gasteiger partial charge on any atom is -0.375 e. The second kappa shape index (κ2) is 5.70. The van der Waals surface area contributed by atoms with Gasteiger partial charge in [-0.15, -0.1) is 11.3 Å². The number of likely N-dealkylation sites (tertiary alicyclic amines) is 1. The number of nitrogen functional groups attached to an aromatic ring is 1. The van der Waals surface area contributed by atoms with Crippen LogP contribution in [0.3, 0.4) is 0 Å². The number of nitrogens with one attached hydrogen (secondary N) is 1. The summed E-state index contributed by atoms with van der Waals surface area (Å²) < 4.78 is 0. The molecule has 1 saturated heterocycles. The maximum Gasteiger partial charge on any atom is 0.180 e. The van der Waals surface area contributed by atoms with E-state index < -0.39 is 0 Å². The molecule has 4 rings (SSSR count). The molecule has 0 aromatic carbocycles. The lowest BCUT2D eigenvalue weighted by Gasteiger charge is -2.31. The monoisotopic (exact) mass is 313 g/mol. The summed E-state index contributed by atoms with van der Waals surface area (Å²) in [5.41, 5.74) is 8.12. The molecule has 0 bridgehead atoms. The van der Waals surface area contributed by atoms with Gasteiger partial charge in [-0.3, -0.25) is 4.90 Å². The van der Waals surface area contributed by atoms with Gasteiger partial charge in [0.2, 0.25) is 0 Å². The SMILES string of the molecule is Nc1ncc(CN2CCC(c3c[nH]c4ncccc34)CC2)s1. The van der Waals surface area contributed by atoms with Crippen LogP contribution in [-0.2, 0) is 6.54 Å². The Morgan fingerprint density at radius 3 is 2.95 bits per heavy atom. The van der Waals surface area contributed by atoms with Crippen LogP contribution in [0.15, 0.2) is 30.7 Å². The molecule has 22 heavy (non-hydrogen) atoms. The number of rotatable bonds is 3. The summed E-state index contributed by atoms with van der Waals surface area (Å²) in [4.78, 5) is 15.6. The van der Waals surface area contributed by atoms with Gasteiger partial charge in [0.05, 0.1) is 0 Å². The molecule has 1 fully saturated rings. The van der Waals surface area contributed by atoms with Crippen LogP contribution in [0.1, 0.15) is 29.2 Å². The minimum atomic E-state index is 0.626. The summed E-state index contributed by atoms with van der Waals surface area (Å²) in [6.45, 7) is 3.21. The third kappa shape index (κ3) is 2.60. The number of fused-ring (bicyclic) bond motifs is 1. The second-order valence-corrected chi connectivity index (χ2v) is 7.01. The molecule has 0 spiro atoms. The number of nitrogens with two attached hydrogens (primary N) is 1. The lowest BCUT2D eigenvalue weighted by atomic mass is 9.89. The topological polar surface area (TPSA) is 70.8 Å². The summed E-state index contributed by atoms with van der Waals surface area (Å²) in [6, 6.07) is 4.18. The smallest absolute Gasteiger partial charge is 0.180 e. The van der Waals surface area contributed by atoms with Crippen molar-refractivity contribution in [3.8, 4) is 0 Å². The number of hydrogen-bond acceptors (Lipinski definition) is 5. The zero-order chi connectivity index (χ0) is 14.9. The van der Waals surface area contributed by atoms with Gasteiger partial charge < -0.3 is 10.7 Å². The molecular weight excluding hydrogens is 294 g/mol. The van der Waals surface area contributed by atoms with Crippen LogP contribution < -0.4 is 5.73 Å². The summed E-state index contributed by atoms with van der Waals surface area (Å²) >= 11 is 1.59. The van der Waals surface area contributed by atoms with Crippen LogP contribution >= 0.6 is 11.3 Å². The van der Waals surface area contributed by atoms with E-state index in [-0.39, 0.29) is 0 Å². The number of pyridine rings is 1. The fourth-order valence-electron chi connectivity index (χ4n) is 3.33. The van der Waals surface area contributed by atoms with Crippen molar-refractivity contribution in [1.29, 1.82) is 0 Å². The average Bonchev–Trinajstić information content (AvgIpc) is 3.14. The molecule has 0 radical (unpaired) electrons. The van der Waals surface area contributed by atoms with Crippen LogP contribution in [0.4, 0.5) is 5.13 Å². The molecule has 3 N–H and O–H groups in total. The third-order valence-electron chi connectivity index (χ3n) is 4.46. The van der Waals surface area contributed by atoms with Gasteiger partial charge in [-0.25, -0.2) is 9.97 Å². The first kappa shape index (κ1) is 13.7. The molecule has 1 aliphatic heterocycles. The largest absolute Gasteiger partial charge is 0.375 e. The minimum absolute atomic E-state index is 0.626. The molecule has 0 atom stereocenters. The molecule has 4 heterocycles. The number of aromatic amines is 1. The van der Waals surface area contributed by atoms with E-state index in [1.165, 1.54) is 28.7 Å². The van der Waals surface area contributed by atoms with Crippen LogP contribution in [0.2, 0.25) is 0 Å². The molecule has 0 saturated carbocycles. The van der Waals surface area contributed by atoms with Crippen molar-refractivity contribution in [2.24, 2.45) is 0 Å². The molecule has 0 amide bonds. The molecule has 0 unspecified atom stereocenters. The van der Waals surface area contributed by atoms with Gasteiger partial charge >= 0.3 is 0 Å². The van der Waals surface area contributed by atoms with Crippen LogP contribution in [0.25, 0.3) is 11.0 Å². The van der Waals surface area contributed by atoms with Gasteiger partial charge in [-0.05, 0) is 49.5 Å². The summed E-state index contributed by atoms with van der Waals surface area (Å²) in [5, 5.41) is 1.94. The Balaban J connectivity index is 1.43. The number of aromatic nitrogens is 3. The van der Waals surface area contributed by atoms with Crippen molar-refractivity contribution in [3.05, 3.63) is 41.2 Å². The van der Waals surface area contributed by atoms with E-state index in [9.17, 15) is 0 Å². The normalized spacial score (nSPS) is 17.3. The number of piperidine rings is 1. The van der Waals surface area contributed by atoms with Crippen molar-refractivity contribution in [3.63, 3.8) is 0 Å². The summed E-state index contributed by atoms with van der Waals surface area (Å²) in [7, 11) is 0. The van der Waals surface area contributed by atoms with Gasteiger partial charge in [-0.2, -0.15) is 0 Å². The lowest BCUT2D eigenvalue weighted by molar-refractivity contribution is 0.206. The molecule has 3 aromatic rings. The molecule has 3 aromatic heterocycles. The molecule has 114 valence electrons. The summed E-state index contributed by atoms with van der Waals surface area (Å²) in [6.07, 6.45) is 8.26. The number of anilines is 1. The molecule has 0 aliphatic carbocycles. The Morgan fingerprint density at radius 1 is 1.32 bits per heavy atom. The van der Waals surface area contributed by atoms with E-state index in [2.05, 4.69) is 32.1 Å². The van der Waals surface area contributed by atoms with Gasteiger partial charge in [-0.1, -0.05) is 0 Å². The number of hydrogen-bond donors (Lipinski definition) is 2. The van der Waals surface area contributed by atoms with Gasteiger partial charge in [0.1, 0.15) is 5.65 Å². The number of H-pyrrole nitrogens is 1. The van der Waals surface area contributed by atoms with Gasteiger partial charge in [0, 0.05) is 35.4 Å². The standard InChI is InChI=1S/C16H19N5S/c17-16-20-8-12(22-16)10-21-6-3-11(4-7-21)14-9-19-15-13(14)2-1-5-18-15/h1-2,5,8-9,11H,3-4,6-7,10H2,(H2,17,20)(H,18,19). The molecular formula is C16H19N5S. The van der Waals surface area contributed by atoms with Gasteiger partial charge in [0.25, 0.3) is 0 Å². The van der Waals surface area contributed by atoms with E-state index in [4.69, 9.17) is 5.73 Å². The van der Waals surface area contributed by atoms with Crippen LogP contribution in [-0.4, -0.2) is 32.9 Å². The lowest BCUT2D eigenvalue weighted by Crippen LogP contribution is -2.32. The van der Waals surface area contributed by atoms with Crippen LogP contribution in [0, 0.1) is 0 Å². The number of thiazole rings is 1. The Kier molecular flexibility index (Phi) is 3.56. The second-order valence-electron chi connectivity index (χ2n) is 5.86. The molecule has 5 nitrogen and oxygen atoms in total. The number of nitrogens with zero attached hydrogens (tertiary/aromatic N) is 3. The Bertz CT molecular complexity index is 770. The highest BCUT2D eigenvalue weighted by atomic mass is 32.1. The van der Waals surface area contributed by atoms with Crippen molar-refractivity contribution >= 4 is 27.5 Å². The van der Waals surface area contributed by atoms with Crippen molar-refractivity contribution in [1.82, 2.24) is 19.9 Å². The van der Waals surface area contributed by atoms with E-state index in [1.54, 1.807) is 11.3 Å². The van der Waals surface area contributed by atoms with E-state index >= 15 is 0 Å². The average molecular weight is 313 g/mol. The van der Waals surface area contributed by atoms with Crippen LogP contribution in [0.5, 0.6) is 0 Å². The van der Waals surface area contributed by atoms with Crippen molar-refractivity contribution < 1.29 is 0 Å². The highest BCUT2D eigenvalue weighted by Crippen LogP contribution is 2.33. The molecule has 1 aliphatic rings. The van der Waals surface area contributed by atoms with E-state index in [0.717, 1.165) is 25.3 Å². The summed E-state index contributed by atoms with van der Waals surface area (Å²) in [5.74, 6) is 0.626. The molecule has 6 heteroatoms. The fourth-order valence-corrected chi connectivity index (χ4v) is 4.06. The van der Waals surface area contributed by atoms with Crippen molar-refractivity contribution in [2.45, 2.75) is 25.3 Å². The van der Waals surface area contributed by atoms with E-state index in [0.29, 0.717) is 11.0 Å². The Morgan fingerprint density at radius 2 is 2.18 bits per heavy atom. The predicted octanol–water partition coefficient (Wildman–Crippen LogP) is 2.98. The first-order valence-electron chi connectivity index (χ1n) is 7.64. The zero-order valence-electron chi connectivity index (χ0n) is 12.3. The Hall–Kier alpha value is -1.92. The highest BCUT2D eigenvalue weighted by molar-refractivity contribution is 7.15. The van der Waals surface area contributed by atoms with Crippen molar-refractivity contribution in [2.75, 3.05) is 18.8 Å². The third-order valence-corrected chi connectivity index (χ3v) is 5.27. The zero-order valence-corrected chi connectivity index (χ0v) is 13.1. The quantitative estimate of drug-likeness (QED) is 0.780. The first-order chi connectivity index (χ1) is 10.8. The fraction of sp³-hybridized carbons (Fsp3) is 0.375. The first-order valence-corrected chi connectivity index (χ1v) is 8.46. The highest BCUT2D eigenvalue weighted by Gasteiger charge is 2.23. The van der Waals surface area contributed by atoms with E-state index in [1.807, 2.05) is 18.5 Å². The predicted molar refractivity (Wildman–Crippen MR) is 89.9 cm³/mol. The van der Waals surface area contributed by atoms with Gasteiger partial charge in [0.15, 0.2) is 5.13 Å². The maximum atomic E-state index is 5.70. The maximum absolute atomic E-state index is 5.70.